The molecule has 2 heterocycles. The summed E-state index contributed by atoms with van der Waals surface area (Å²) >= 11 is 1.83. The average Bonchev–Trinajstić information content (AvgIpc) is 2.97. The Hall–Kier alpha value is -1.95. The van der Waals surface area contributed by atoms with Crippen LogP contribution in [0.3, 0.4) is 0 Å². The zero-order valence-electron chi connectivity index (χ0n) is 10.3. The molecule has 5 nitrogen and oxygen atoms in total. The Balaban J connectivity index is 1.68. The molecule has 2 aromatic rings. The minimum absolute atomic E-state index is 0.0613. The predicted molar refractivity (Wildman–Crippen MR) is 74.6 cm³/mol. The topological polar surface area (TPSA) is 68.1 Å². The maximum absolute atomic E-state index is 10.7. The number of anilines is 1. The van der Waals surface area contributed by atoms with Gasteiger partial charge < -0.3 is 5.32 Å². The monoisotopic (exact) mass is 275 g/mol. The van der Waals surface area contributed by atoms with Crippen molar-refractivity contribution < 1.29 is 4.92 Å². The molecule has 6 heteroatoms. The van der Waals surface area contributed by atoms with Crippen LogP contribution < -0.4 is 5.32 Å². The highest BCUT2D eigenvalue weighted by Crippen LogP contribution is 2.30. The third-order valence-electron chi connectivity index (χ3n) is 3.20. The predicted octanol–water partition coefficient (Wildman–Crippen LogP) is 3.15. The Morgan fingerprint density at radius 3 is 3.11 bits per heavy atom. The van der Waals surface area contributed by atoms with Crippen molar-refractivity contribution in [3.63, 3.8) is 0 Å². The molecule has 98 valence electrons. The van der Waals surface area contributed by atoms with Gasteiger partial charge in [-0.25, -0.2) is 4.98 Å². The van der Waals surface area contributed by atoms with E-state index in [4.69, 9.17) is 0 Å². The fourth-order valence-corrected chi connectivity index (χ4v) is 3.49. The third kappa shape index (κ3) is 2.58. The molecule has 0 saturated heterocycles. The molecule has 2 aromatic heterocycles. The molecule has 0 radical (unpaired) electrons. The molecular weight excluding hydrogens is 262 g/mol. The zero-order valence-corrected chi connectivity index (χ0v) is 11.1. The summed E-state index contributed by atoms with van der Waals surface area (Å²) in [5, 5.41) is 13.8. The molecule has 1 N–H and O–H groups in total. The van der Waals surface area contributed by atoms with Gasteiger partial charge in [-0.05, 0) is 30.9 Å². The van der Waals surface area contributed by atoms with Gasteiger partial charge >= 0.3 is 0 Å². The van der Waals surface area contributed by atoms with Crippen LogP contribution in [0.5, 0.6) is 0 Å². The summed E-state index contributed by atoms with van der Waals surface area (Å²) in [6.45, 7) is 0.672. The molecule has 19 heavy (non-hydrogen) atoms. The van der Waals surface area contributed by atoms with Crippen LogP contribution in [0.25, 0.3) is 0 Å². The zero-order chi connectivity index (χ0) is 13.2. The lowest BCUT2D eigenvalue weighted by atomic mass is 10.2. The molecule has 0 bridgehead atoms. The van der Waals surface area contributed by atoms with Crippen molar-refractivity contribution in [1.82, 2.24) is 4.98 Å². The lowest BCUT2D eigenvalue weighted by Gasteiger charge is -2.03. The first kappa shape index (κ1) is 12.1. The third-order valence-corrected chi connectivity index (χ3v) is 4.43. The lowest BCUT2D eigenvalue weighted by molar-refractivity contribution is -0.384. The Morgan fingerprint density at radius 1 is 1.42 bits per heavy atom. The van der Waals surface area contributed by atoms with Crippen molar-refractivity contribution in [1.29, 1.82) is 0 Å². The summed E-state index contributed by atoms with van der Waals surface area (Å²) in [6.07, 6.45) is 5.09. The molecule has 0 unspecified atom stereocenters. The quantitative estimate of drug-likeness (QED) is 0.687. The Labute approximate surface area is 114 Å². The Morgan fingerprint density at radius 2 is 2.32 bits per heavy atom. The summed E-state index contributed by atoms with van der Waals surface area (Å²) in [4.78, 5) is 17.1. The number of nitrogens with zero attached hydrogens (tertiary/aromatic N) is 2. The first-order chi connectivity index (χ1) is 9.22. The van der Waals surface area contributed by atoms with Crippen molar-refractivity contribution in [2.24, 2.45) is 0 Å². The number of fused-ring (bicyclic) bond motifs is 1. The van der Waals surface area contributed by atoms with E-state index in [0.717, 1.165) is 0 Å². The van der Waals surface area contributed by atoms with E-state index in [9.17, 15) is 10.1 Å². The van der Waals surface area contributed by atoms with Gasteiger partial charge in [0.05, 0.1) is 17.5 Å². The van der Waals surface area contributed by atoms with Crippen LogP contribution in [0.4, 0.5) is 11.5 Å². The van der Waals surface area contributed by atoms with Crippen LogP contribution in [-0.2, 0) is 19.4 Å². The first-order valence-corrected chi connectivity index (χ1v) is 6.99. The van der Waals surface area contributed by atoms with Gasteiger partial charge in [0.25, 0.3) is 5.69 Å². The molecule has 1 aliphatic rings. The second-order valence-corrected chi connectivity index (χ2v) is 5.75. The van der Waals surface area contributed by atoms with Gasteiger partial charge in [-0.2, -0.15) is 0 Å². The number of rotatable bonds is 4. The normalized spacial score (nSPS) is 13.3. The minimum atomic E-state index is -0.410. The molecule has 0 aliphatic heterocycles. The van der Waals surface area contributed by atoms with Gasteiger partial charge in [0, 0.05) is 22.0 Å². The number of pyridine rings is 1. The van der Waals surface area contributed by atoms with Crippen LogP contribution in [0, 0.1) is 10.1 Å². The number of thiophene rings is 1. The summed E-state index contributed by atoms with van der Waals surface area (Å²) in [5.74, 6) is 0.544. The van der Waals surface area contributed by atoms with Crippen molar-refractivity contribution in [3.8, 4) is 0 Å². The number of nitro groups is 1. The standard InChI is InChI=1S/C13H13N3O2S/c17-16(18)10-4-5-14-13(7-10)15-8-11-6-9-2-1-3-12(9)19-11/h4-7H,1-3,8H2,(H,14,15). The molecule has 3 rings (SSSR count). The van der Waals surface area contributed by atoms with Crippen LogP contribution in [-0.4, -0.2) is 9.91 Å². The summed E-state index contributed by atoms with van der Waals surface area (Å²) < 4.78 is 0. The van der Waals surface area contributed by atoms with Gasteiger partial charge in [-0.1, -0.05) is 0 Å². The first-order valence-electron chi connectivity index (χ1n) is 6.17. The molecule has 0 spiro atoms. The second-order valence-electron chi connectivity index (χ2n) is 4.52. The van der Waals surface area contributed by atoms with E-state index >= 15 is 0 Å². The average molecular weight is 275 g/mol. The minimum Gasteiger partial charge on any atom is -0.365 e. The van der Waals surface area contributed by atoms with Gasteiger partial charge in [-0.15, -0.1) is 11.3 Å². The highest BCUT2D eigenvalue weighted by atomic mass is 32.1. The Bertz CT molecular complexity index is 603. The van der Waals surface area contributed by atoms with E-state index in [1.807, 2.05) is 11.3 Å². The van der Waals surface area contributed by atoms with E-state index in [2.05, 4.69) is 16.4 Å². The summed E-state index contributed by atoms with van der Waals surface area (Å²) in [7, 11) is 0. The largest absolute Gasteiger partial charge is 0.365 e. The highest BCUT2D eigenvalue weighted by Gasteiger charge is 2.14. The van der Waals surface area contributed by atoms with Crippen LogP contribution >= 0.6 is 11.3 Å². The molecule has 1 aliphatic carbocycles. The SMILES string of the molecule is O=[N+]([O-])c1ccnc(NCc2cc3c(s2)CCC3)c1. The molecule has 0 atom stereocenters. The number of aryl methyl sites for hydroxylation is 2. The lowest BCUT2D eigenvalue weighted by Crippen LogP contribution is -2.00. The van der Waals surface area contributed by atoms with Crippen LogP contribution in [0.15, 0.2) is 24.4 Å². The van der Waals surface area contributed by atoms with Crippen molar-refractivity contribution in [3.05, 3.63) is 49.8 Å². The molecular formula is C13H13N3O2S. The summed E-state index contributed by atoms with van der Waals surface area (Å²) in [6, 6.07) is 5.09. The maximum atomic E-state index is 10.7. The molecule has 0 amide bonds. The number of hydrogen-bond donors (Lipinski definition) is 1. The van der Waals surface area contributed by atoms with Gasteiger partial charge in [0.1, 0.15) is 5.82 Å². The number of aromatic nitrogens is 1. The second kappa shape index (κ2) is 4.97. The van der Waals surface area contributed by atoms with E-state index < -0.39 is 4.92 Å². The van der Waals surface area contributed by atoms with E-state index in [0.29, 0.717) is 12.4 Å². The fourth-order valence-electron chi connectivity index (χ4n) is 2.29. The van der Waals surface area contributed by atoms with Crippen molar-refractivity contribution >= 4 is 22.8 Å². The van der Waals surface area contributed by atoms with Gasteiger partial charge in [-0.3, -0.25) is 10.1 Å². The van der Waals surface area contributed by atoms with E-state index in [1.54, 1.807) is 0 Å². The van der Waals surface area contributed by atoms with E-state index in [-0.39, 0.29) is 5.69 Å². The van der Waals surface area contributed by atoms with Gasteiger partial charge in [0.15, 0.2) is 0 Å². The fraction of sp³-hybridized carbons (Fsp3) is 0.308. The van der Waals surface area contributed by atoms with Gasteiger partial charge in [0.2, 0.25) is 0 Å². The Kier molecular flexibility index (Phi) is 3.16. The number of nitrogens with one attached hydrogen (secondary N) is 1. The smallest absolute Gasteiger partial charge is 0.274 e. The van der Waals surface area contributed by atoms with Crippen molar-refractivity contribution in [2.75, 3.05) is 5.32 Å². The molecule has 0 fully saturated rings. The number of hydrogen-bond acceptors (Lipinski definition) is 5. The van der Waals surface area contributed by atoms with E-state index in [1.165, 1.54) is 52.9 Å². The highest BCUT2D eigenvalue weighted by molar-refractivity contribution is 7.12. The molecule has 0 aromatic carbocycles. The van der Waals surface area contributed by atoms with Crippen LogP contribution in [0.2, 0.25) is 0 Å². The molecule has 0 saturated carbocycles. The van der Waals surface area contributed by atoms with Crippen LogP contribution in [0.1, 0.15) is 21.7 Å². The van der Waals surface area contributed by atoms with Crippen molar-refractivity contribution in [2.45, 2.75) is 25.8 Å². The summed E-state index contributed by atoms with van der Waals surface area (Å²) in [5.41, 5.74) is 1.53. The maximum Gasteiger partial charge on any atom is 0.274 e.